The van der Waals surface area contributed by atoms with Crippen molar-refractivity contribution in [3.63, 3.8) is 0 Å². The zero-order valence-corrected chi connectivity index (χ0v) is 17.7. The lowest BCUT2D eigenvalue weighted by molar-refractivity contribution is -0.139. The minimum absolute atomic E-state index is 0.0382. The van der Waals surface area contributed by atoms with Crippen LogP contribution in [0.4, 0.5) is 0 Å². The molecular formula is C24H20ClNO5. The van der Waals surface area contributed by atoms with Gasteiger partial charge < -0.3 is 14.2 Å². The number of esters is 1. The summed E-state index contributed by atoms with van der Waals surface area (Å²) < 4.78 is 17.0. The van der Waals surface area contributed by atoms with Gasteiger partial charge in [0.2, 0.25) is 12.3 Å². The van der Waals surface area contributed by atoms with E-state index >= 15 is 0 Å². The number of methoxy groups -OCH3 is 1. The second-order valence-electron chi connectivity index (χ2n) is 6.85. The molecular weight excluding hydrogens is 418 g/mol. The van der Waals surface area contributed by atoms with E-state index in [2.05, 4.69) is 5.32 Å². The van der Waals surface area contributed by atoms with Crippen LogP contribution in [0.15, 0.2) is 66.1 Å². The lowest BCUT2D eigenvalue weighted by Gasteiger charge is -2.31. The molecule has 1 unspecified atom stereocenters. The van der Waals surface area contributed by atoms with Crippen LogP contribution >= 0.6 is 11.6 Å². The first-order valence-electron chi connectivity index (χ1n) is 9.73. The summed E-state index contributed by atoms with van der Waals surface area (Å²) in [5.41, 5.74) is 1.71. The van der Waals surface area contributed by atoms with Crippen LogP contribution < -0.4 is 14.8 Å². The zero-order chi connectivity index (χ0) is 22.0. The van der Waals surface area contributed by atoms with Crippen LogP contribution in [0.25, 0.3) is 10.8 Å². The molecule has 0 aromatic heterocycles. The predicted molar refractivity (Wildman–Crippen MR) is 117 cm³/mol. The third kappa shape index (κ3) is 3.70. The number of hydrogen-bond donors (Lipinski definition) is 1. The largest absolute Gasteiger partial charge is 0.496 e. The molecule has 158 valence electrons. The van der Waals surface area contributed by atoms with Crippen LogP contribution in [0, 0.1) is 0 Å². The lowest BCUT2D eigenvalue weighted by Crippen LogP contribution is -2.30. The Morgan fingerprint density at radius 1 is 1.16 bits per heavy atom. The van der Waals surface area contributed by atoms with Crippen molar-refractivity contribution in [2.75, 3.05) is 13.7 Å². The number of amides is 1. The van der Waals surface area contributed by atoms with Gasteiger partial charge in [-0.1, -0.05) is 48.0 Å². The third-order valence-corrected chi connectivity index (χ3v) is 5.39. The maximum Gasteiger partial charge on any atom is 0.340 e. The van der Waals surface area contributed by atoms with E-state index < -0.39 is 11.9 Å². The van der Waals surface area contributed by atoms with E-state index in [-0.39, 0.29) is 18.1 Å². The fourth-order valence-electron chi connectivity index (χ4n) is 3.86. The Bertz CT molecular complexity index is 1190. The molecule has 0 radical (unpaired) electrons. The van der Waals surface area contributed by atoms with Crippen molar-refractivity contribution in [3.8, 4) is 11.5 Å². The van der Waals surface area contributed by atoms with Crippen LogP contribution in [-0.4, -0.2) is 26.1 Å². The Morgan fingerprint density at radius 3 is 2.52 bits per heavy atom. The molecule has 1 amide bonds. The molecule has 1 atom stereocenters. The highest BCUT2D eigenvalue weighted by Gasteiger charge is 2.38. The number of benzene rings is 3. The minimum Gasteiger partial charge on any atom is -0.496 e. The van der Waals surface area contributed by atoms with Gasteiger partial charge in [0.1, 0.15) is 17.1 Å². The molecule has 7 heteroatoms. The molecule has 0 saturated carbocycles. The molecule has 3 aromatic carbocycles. The van der Waals surface area contributed by atoms with Gasteiger partial charge in [-0.3, -0.25) is 10.1 Å². The Morgan fingerprint density at radius 2 is 1.87 bits per heavy atom. The standard InChI is InChI=1S/C24H20ClNO5/c1-3-30-24(28)21-20(14-8-10-15(25)11-9-14)18-12-19(29-2)16-6-4-5-7-17(16)22(18)31-23(21)26-13-27/h4-13,20H,3H2,1-2H3,(H,26,27). The Hall–Kier alpha value is -3.51. The molecule has 0 bridgehead atoms. The topological polar surface area (TPSA) is 73.9 Å². The van der Waals surface area contributed by atoms with Gasteiger partial charge in [0, 0.05) is 21.4 Å². The van der Waals surface area contributed by atoms with Crippen molar-refractivity contribution in [1.82, 2.24) is 5.32 Å². The van der Waals surface area contributed by atoms with E-state index in [1.54, 1.807) is 26.2 Å². The number of ether oxygens (including phenoxy) is 3. The first-order chi connectivity index (χ1) is 15.1. The van der Waals surface area contributed by atoms with Crippen LogP contribution in [0.5, 0.6) is 11.5 Å². The van der Waals surface area contributed by atoms with Gasteiger partial charge in [0.05, 0.1) is 19.6 Å². The summed E-state index contributed by atoms with van der Waals surface area (Å²) >= 11 is 6.10. The van der Waals surface area contributed by atoms with Crippen LogP contribution in [0.2, 0.25) is 5.02 Å². The fourth-order valence-corrected chi connectivity index (χ4v) is 3.98. The zero-order valence-electron chi connectivity index (χ0n) is 17.0. The minimum atomic E-state index is -0.579. The van der Waals surface area contributed by atoms with Crippen molar-refractivity contribution in [3.05, 3.63) is 82.2 Å². The van der Waals surface area contributed by atoms with Gasteiger partial charge in [0.25, 0.3) is 0 Å². The summed E-state index contributed by atoms with van der Waals surface area (Å²) in [5.74, 6) is 0.0717. The summed E-state index contributed by atoms with van der Waals surface area (Å²) in [6.07, 6.45) is 0.476. The first-order valence-corrected chi connectivity index (χ1v) is 10.1. The summed E-state index contributed by atoms with van der Waals surface area (Å²) in [6.45, 7) is 1.90. The quantitative estimate of drug-likeness (QED) is 0.452. The molecule has 1 heterocycles. The van der Waals surface area contributed by atoms with Crippen LogP contribution in [-0.2, 0) is 14.3 Å². The van der Waals surface area contributed by atoms with Gasteiger partial charge in [-0.15, -0.1) is 0 Å². The average molecular weight is 438 g/mol. The van der Waals surface area contributed by atoms with Crippen LogP contribution in [0.1, 0.15) is 24.0 Å². The Balaban J connectivity index is 2.05. The van der Waals surface area contributed by atoms with Crippen LogP contribution in [0.3, 0.4) is 0 Å². The molecule has 3 aromatic rings. The van der Waals surface area contributed by atoms with Crippen molar-refractivity contribution in [2.24, 2.45) is 0 Å². The lowest BCUT2D eigenvalue weighted by atomic mass is 9.81. The molecule has 0 spiro atoms. The van der Waals surface area contributed by atoms with Crippen molar-refractivity contribution >= 4 is 34.8 Å². The summed E-state index contributed by atoms with van der Waals surface area (Å²) in [4.78, 5) is 24.3. The van der Waals surface area contributed by atoms with E-state index in [0.29, 0.717) is 22.9 Å². The molecule has 1 aliphatic heterocycles. The molecule has 0 aliphatic carbocycles. The van der Waals surface area contributed by atoms with E-state index in [1.165, 1.54) is 0 Å². The van der Waals surface area contributed by atoms with Gasteiger partial charge in [-0.25, -0.2) is 4.79 Å². The number of halogens is 1. The molecule has 1 N–H and O–H groups in total. The summed E-state index contributed by atoms with van der Waals surface area (Å²) in [7, 11) is 1.59. The molecule has 31 heavy (non-hydrogen) atoms. The summed E-state index contributed by atoms with van der Waals surface area (Å²) in [6, 6.07) is 16.6. The first kappa shape index (κ1) is 20.8. The molecule has 0 fully saturated rings. The number of hydrogen-bond acceptors (Lipinski definition) is 5. The van der Waals surface area contributed by atoms with Crippen molar-refractivity contribution < 1.29 is 23.8 Å². The van der Waals surface area contributed by atoms with Gasteiger partial charge in [-0.05, 0) is 30.7 Å². The molecule has 0 saturated heterocycles. The number of nitrogens with one attached hydrogen (secondary N) is 1. The number of carbonyl (C=O) groups is 2. The SMILES string of the molecule is CCOC(=O)C1=C(NC=O)Oc2c(cc(OC)c3ccccc23)C1c1ccc(Cl)cc1. The monoisotopic (exact) mass is 437 g/mol. The Labute approximate surface area is 184 Å². The van der Waals surface area contributed by atoms with E-state index in [1.807, 2.05) is 42.5 Å². The average Bonchev–Trinajstić information content (AvgIpc) is 2.79. The third-order valence-electron chi connectivity index (χ3n) is 5.14. The maximum absolute atomic E-state index is 13.0. The van der Waals surface area contributed by atoms with Gasteiger partial charge in [0.15, 0.2) is 0 Å². The second kappa shape index (κ2) is 8.70. The fraction of sp³-hybridized carbons (Fsp3) is 0.167. The second-order valence-corrected chi connectivity index (χ2v) is 7.29. The number of carbonyl (C=O) groups excluding carboxylic acids is 2. The highest BCUT2D eigenvalue weighted by molar-refractivity contribution is 6.30. The number of rotatable bonds is 6. The normalized spacial score (nSPS) is 15.1. The highest BCUT2D eigenvalue weighted by Crippen LogP contribution is 2.48. The van der Waals surface area contributed by atoms with E-state index in [0.717, 1.165) is 21.9 Å². The molecule has 6 nitrogen and oxygen atoms in total. The van der Waals surface area contributed by atoms with E-state index in [4.69, 9.17) is 25.8 Å². The van der Waals surface area contributed by atoms with E-state index in [9.17, 15) is 9.59 Å². The predicted octanol–water partition coefficient (Wildman–Crippen LogP) is 4.55. The maximum atomic E-state index is 13.0. The summed E-state index contributed by atoms with van der Waals surface area (Å²) in [5, 5.41) is 4.75. The highest BCUT2D eigenvalue weighted by atomic mass is 35.5. The van der Waals surface area contributed by atoms with Crippen molar-refractivity contribution in [2.45, 2.75) is 12.8 Å². The number of fused-ring (bicyclic) bond motifs is 3. The molecule has 4 rings (SSSR count). The molecule has 1 aliphatic rings. The van der Waals surface area contributed by atoms with Gasteiger partial charge >= 0.3 is 5.97 Å². The van der Waals surface area contributed by atoms with Crippen molar-refractivity contribution in [1.29, 1.82) is 0 Å². The Kier molecular flexibility index (Phi) is 5.82. The smallest absolute Gasteiger partial charge is 0.340 e. The van der Waals surface area contributed by atoms with Gasteiger partial charge in [-0.2, -0.15) is 0 Å².